The first-order valence-corrected chi connectivity index (χ1v) is 14.6. The molecule has 1 amide bonds. The predicted octanol–water partition coefficient (Wildman–Crippen LogP) is 2.76. The number of aromatic nitrogens is 3. The van der Waals surface area contributed by atoms with E-state index >= 15 is 0 Å². The average molecular weight is 584 g/mol. The maximum atomic E-state index is 13.6. The smallest absolute Gasteiger partial charge is 0.281 e. The highest BCUT2D eigenvalue weighted by atomic mass is 35.5. The van der Waals surface area contributed by atoms with E-state index in [4.69, 9.17) is 28.2 Å². The zero-order valence-corrected chi connectivity index (χ0v) is 24.7. The van der Waals surface area contributed by atoms with Crippen molar-refractivity contribution >= 4 is 52.0 Å². The van der Waals surface area contributed by atoms with Crippen molar-refractivity contribution in [1.82, 2.24) is 24.3 Å². The first-order valence-electron chi connectivity index (χ1n) is 13.0. The number of nitrogens with two attached hydrogens (primary N) is 2. The summed E-state index contributed by atoms with van der Waals surface area (Å²) in [7, 11) is 3.52. The monoisotopic (exact) mass is 583 g/mol. The lowest BCUT2D eigenvalue weighted by Gasteiger charge is -2.25. The molecule has 3 aromatic rings. The van der Waals surface area contributed by atoms with Crippen LogP contribution in [0.3, 0.4) is 0 Å². The summed E-state index contributed by atoms with van der Waals surface area (Å²) in [5, 5.41) is 5.64. The number of carbonyl (C=O) groups is 1. The number of piperidine rings is 1. The normalized spacial score (nSPS) is 20.8. The number of hydrogen-bond acceptors (Lipinski definition) is 10. The molecule has 2 fully saturated rings. The minimum Gasteiger partial charge on any atom is -0.401 e. The zero-order chi connectivity index (χ0) is 28.9. The Bertz CT molecular complexity index is 1560. The second-order valence-electron chi connectivity index (χ2n) is 10.6. The fourth-order valence-corrected chi connectivity index (χ4v) is 6.27. The number of halogens is 1. The maximum absolute atomic E-state index is 13.6. The van der Waals surface area contributed by atoms with Gasteiger partial charge in [0.1, 0.15) is 5.15 Å². The molecule has 13 heteroatoms. The van der Waals surface area contributed by atoms with Gasteiger partial charge in [0.05, 0.1) is 22.6 Å². The number of allylic oxidation sites excluding steroid dienone is 1. The van der Waals surface area contributed by atoms with Gasteiger partial charge in [0.2, 0.25) is 5.95 Å². The topological polar surface area (TPSA) is 147 Å². The Morgan fingerprint density at radius 3 is 2.62 bits per heavy atom. The minimum atomic E-state index is -0.354. The molecular formula is C27H34ClN9O2S. The van der Waals surface area contributed by atoms with Crippen LogP contribution in [0.5, 0.6) is 0 Å². The molecule has 5 rings (SSSR count). The van der Waals surface area contributed by atoms with E-state index in [0.717, 1.165) is 29.9 Å². The van der Waals surface area contributed by atoms with Crippen molar-refractivity contribution in [1.29, 1.82) is 0 Å². The van der Waals surface area contributed by atoms with Crippen molar-refractivity contribution in [3.05, 3.63) is 68.5 Å². The van der Waals surface area contributed by atoms with Crippen molar-refractivity contribution in [3.8, 4) is 0 Å². The molecule has 3 atom stereocenters. The van der Waals surface area contributed by atoms with Gasteiger partial charge in [-0.1, -0.05) is 29.6 Å². The molecule has 1 saturated heterocycles. The van der Waals surface area contributed by atoms with Crippen LogP contribution in [-0.2, 0) is 7.05 Å². The summed E-state index contributed by atoms with van der Waals surface area (Å²) in [6.45, 7) is 5.46. The number of aryl methyl sites for hydroxylation is 1. The van der Waals surface area contributed by atoms with Crippen LogP contribution in [0.2, 0.25) is 5.15 Å². The largest absolute Gasteiger partial charge is 0.401 e. The fourth-order valence-electron chi connectivity index (χ4n) is 5.84. The number of rotatable bonds is 8. The molecule has 1 saturated carbocycles. The maximum Gasteiger partial charge on any atom is 0.281 e. The zero-order valence-electron chi connectivity index (χ0n) is 23.1. The molecule has 0 bridgehead atoms. The van der Waals surface area contributed by atoms with Gasteiger partial charge in [0.25, 0.3) is 11.5 Å². The van der Waals surface area contributed by atoms with Gasteiger partial charge in [-0.2, -0.15) is 0 Å². The van der Waals surface area contributed by atoms with Gasteiger partial charge in [-0.3, -0.25) is 18.9 Å². The number of hydrazine groups is 1. The highest BCUT2D eigenvalue weighted by Gasteiger charge is 2.57. The van der Waals surface area contributed by atoms with E-state index in [1.807, 2.05) is 26.0 Å². The molecule has 2 aliphatic rings. The standard InChI is InChI=1S/C27H34ClN9O2S/c1-13-8-15(14(2)31-20-6-7-21(28)32-24(20)25(38)34-40-5)23-16(9-13)26(39)36(4)27(33-23)37-10-17-18(11-37)22(17)19(29)12-35(3)30/h6-9,12,14,17-18,22,31H,10-11,29-30H2,1-5H3,(H,34,38)/b19-12-. The van der Waals surface area contributed by atoms with Gasteiger partial charge >= 0.3 is 0 Å². The summed E-state index contributed by atoms with van der Waals surface area (Å²) in [6, 6.07) is 6.96. The van der Waals surface area contributed by atoms with E-state index in [1.54, 1.807) is 43.3 Å². The number of carbonyl (C=O) groups excluding carboxylic acids is 1. The molecule has 0 radical (unpaired) electrons. The van der Waals surface area contributed by atoms with Gasteiger partial charge in [0, 0.05) is 56.8 Å². The lowest BCUT2D eigenvalue weighted by atomic mass is 10.0. The van der Waals surface area contributed by atoms with E-state index in [-0.39, 0.29) is 28.4 Å². The highest BCUT2D eigenvalue weighted by Crippen LogP contribution is 2.54. The molecule has 40 heavy (non-hydrogen) atoms. The van der Waals surface area contributed by atoms with E-state index in [1.165, 1.54) is 17.0 Å². The molecule has 1 aliphatic carbocycles. The van der Waals surface area contributed by atoms with Crippen LogP contribution in [0, 0.1) is 24.7 Å². The van der Waals surface area contributed by atoms with Gasteiger partial charge in [-0.15, -0.1) is 0 Å². The summed E-state index contributed by atoms with van der Waals surface area (Å²) in [4.78, 5) is 37.7. The summed E-state index contributed by atoms with van der Waals surface area (Å²) >= 11 is 7.27. The summed E-state index contributed by atoms with van der Waals surface area (Å²) in [5.41, 5.74) is 10.1. The Kier molecular flexibility index (Phi) is 7.60. The number of anilines is 2. The molecule has 0 spiro atoms. The van der Waals surface area contributed by atoms with Gasteiger partial charge in [-0.25, -0.2) is 15.8 Å². The van der Waals surface area contributed by atoms with E-state index in [0.29, 0.717) is 40.3 Å². The molecule has 3 heterocycles. The van der Waals surface area contributed by atoms with Gasteiger partial charge in [-0.05, 0) is 49.4 Å². The lowest BCUT2D eigenvalue weighted by molar-refractivity contribution is 0.0980. The molecule has 6 N–H and O–H groups in total. The first kappa shape index (κ1) is 28.1. The quantitative estimate of drug-likeness (QED) is 0.135. The molecule has 2 aromatic heterocycles. The second kappa shape index (κ2) is 10.8. The van der Waals surface area contributed by atoms with Gasteiger partial charge in [0.15, 0.2) is 5.69 Å². The van der Waals surface area contributed by atoms with Crippen LogP contribution in [0.15, 0.2) is 41.0 Å². The van der Waals surface area contributed by atoms with E-state index in [2.05, 4.69) is 19.9 Å². The lowest BCUT2D eigenvalue weighted by Crippen LogP contribution is -2.33. The van der Waals surface area contributed by atoms with Crippen molar-refractivity contribution < 1.29 is 4.79 Å². The third kappa shape index (κ3) is 5.18. The molecular weight excluding hydrogens is 550 g/mol. The van der Waals surface area contributed by atoms with E-state index in [9.17, 15) is 9.59 Å². The van der Waals surface area contributed by atoms with Crippen LogP contribution < -0.4 is 32.1 Å². The number of fused-ring (bicyclic) bond motifs is 2. The number of nitrogens with zero attached hydrogens (tertiary/aromatic N) is 5. The Morgan fingerprint density at radius 1 is 1.27 bits per heavy atom. The number of amides is 1. The third-order valence-corrected chi connectivity index (χ3v) is 8.25. The van der Waals surface area contributed by atoms with Crippen LogP contribution in [0.1, 0.15) is 34.6 Å². The van der Waals surface area contributed by atoms with Crippen molar-refractivity contribution in [3.63, 3.8) is 0 Å². The number of nitrogens with one attached hydrogen (secondary N) is 2. The molecule has 3 unspecified atom stereocenters. The fraction of sp³-hybridized carbons (Fsp3) is 0.407. The Morgan fingerprint density at radius 2 is 1.98 bits per heavy atom. The molecule has 1 aromatic carbocycles. The summed E-state index contributed by atoms with van der Waals surface area (Å²) in [5.74, 6) is 7.13. The van der Waals surface area contributed by atoms with Crippen molar-refractivity contribution in [2.75, 3.05) is 36.6 Å². The second-order valence-corrected chi connectivity index (χ2v) is 11.6. The third-order valence-electron chi connectivity index (χ3n) is 7.65. The predicted molar refractivity (Wildman–Crippen MR) is 161 cm³/mol. The van der Waals surface area contributed by atoms with Crippen LogP contribution in [0.25, 0.3) is 10.9 Å². The number of pyridine rings is 1. The molecule has 212 valence electrons. The van der Waals surface area contributed by atoms with Crippen molar-refractivity contribution in [2.45, 2.75) is 19.9 Å². The Balaban J connectivity index is 1.48. The van der Waals surface area contributed by atoms with Crippen molar-refractivity contribution in [2.24, 2.45) is 36.4 Å². The summed E-state index contributed by atoms with van der Waals surface area (Å²) in [6.07, 6.45) is 3.53. The Labute approximate surface area is 242 Å². The number of hydrogen-bond donors (Lipinski definition) is 4. The molecule has 1 aliphatic heterocycles. The van der Waals surface area contributed by atoms with Crippen LogP contribution in [0.4, 0.5) is 11.6 Å². The van der Waals surface area contributed by atoms with Gasteiger partial charge < -0.3 is 21.0 Å². The summed E-state index contributed by atoms with van der Waals surface area (Å²) < 4.78 is 4.32. The average Bonchev–Trinajstić information content (AvgIpc) is 3.40. The van der Waals surface area contributed by atoms with Crippen LogP contribution in [-0.4, -0.2) is 51.8 Å². The first-order chi connectivity index (χ1) is 19.0. The molecule has 11 nitrogen and oxygen atoms in total. The highest BCUT2D eigenvalue weighted by molar-refractivity contribution is 7.97. The SMILES string of the molecule is CSNC(=O)c1nc(Cl)ccc1NC(C)c1cc(C)cc2c(=O)n(C)c(N3CC4C(C3)C4/C(N)=C/N(C)N)nc12. The Hall–Kier alpha value is -3.48. The minimum absolute atomic E-state index is 0.105. The van der Waals surface area contributed by atoms with E-state index < -0.39 is 0 Å². The number of benzene rings is 1. The van der Waals surface area contributed by atoms with Crippen LogP contribution >= 0.6 is 23.5 Å².